The number of rotatable bonds is 7. The Morgan fingerprint density at radius 1 is 1.11 bits per heavy atom. The van der Waals surface area contributed by atoms with Crippen LogP contribution >= 0.6 is 39.9 Å². The number of morpholine rings is 1. The van der Waals surface area contributed by atoms with E-state index in [9.17, 15) is 0 Å². The second-order valence-electron chi connectivity index (χ2n) is 7.34. The minimum absolute atomic E-state index is 0. The van der Waals surface area contributed by atoms with Gasteiger partial charge in [-0.1, -0.05) is 28.1 Å². The lowest BCUT2D eigenvalue weighted by Gasteiger charge is -2.36. The van der Waals surface area contributed by atoms with Crippen LogP contribution in [-0.4, -0.2) is 70.0 Å². The molecule has 0 spiro atoms. The summed E-state index contributed by atoms with van der Waals surface area (Å²) in [5.74, 6) is 0.542. The third-order valence-corrected chi connectivity index (χ3v) is 6.05. The van der Waals surface area contributed by atoms with Crippen molar-refractivity contribution in [2.75, 3.05) is 59.2 Å². The molecule has 158 valence electrons. The van der Waals surface area contributed by atoms with Crippen molar-refractivity contribution in [1.82, 2.24) is 10.2 Å². The summed E-state index contributed by atoms with van der Waals surface area (Å²) in [5, 5.41) is 3.27. The van der Waals surface area contributed by atoms with E-state index in [1.807, 2.05) is 0 Å². The first kappa shape index (κ1) is 23.9. The van der Waals surface area contributed by atoms with Crippen molar-refractivity contribution in [3.05, 3.63) is 34.3 Å². The molecule has 28 heavy (non-hydrogen) atoms. The number of nitrogens with zero attached hydrogens (tertiary/aromatic N) is 2. The van der Waals surface area contributed by atoms with Gasteiger partial charge in [-0.3, -0.25) is 9.89 Å². The molecule has 8 heteroatoms. The zero-order valence-corrected chi connectivity index (χ0v) is 20.3. The Kier molecular flexibility index (Phi) is 10.5. The lowest BCUT2D eigenvalue weighted by molar-refractivity contribution is 0.0376. The summed E-state index contributed by atoms with van der Waals surface area (Å²) in [7, 11) is 0. The number of ether oxygens (including phenoxy) is 2. The van der Waals surface area contributed by atoms with E-state index in [1.54, 1.807) is 0 Å². The molecule has 2 fully saturated rings. The smallest absolute Gasteiger partial charge is 0.188 e. The van der Waals surface area contributed by atoms with Gasteiger partial charge in [-0.2, -0.15) is 0 Å². The molecule has 3 N–H and O–H groups in total. The van der Waals surface area contributed by atoms with E-state index in [4.69, 9.17) is 15.2 Å². The van der Waals surface area contributed by atoms with Crippen LogP contribution in [0.1, 0.15) is 24.8 Å². The summed E-state index contributed by atoms with van der Waals surface area (Å²) in [6, 6.07) is 8.58. The fourth-order valence-corrected chi connectivity index (χ4v) is 4.00. The van der Waals surface area contributed by atoms with Crippen LogP contribution in [0.2, 0.25) is 0 Å². The number of aliphatic imine (C=N–C) groups is 1. The van der Waals surface area contributed by atoms with Crippen molar-refractivity contribution in [3.63, 3.8) is 0 Å². The molecule has 1 aromatic carbocycles. The predicted octanol–water partition coefficient (Wildman–Crippen LogP) is 2.74. The van der Waals surface area contributed by atoms with Crippen molar-refractivity contribution in [3.8, 4) is 0 Å². The number of guanidine groups is 1. The van der Waals surface area contributed by atoms with Gasteiger partial charge in [0.2, 0.25) is 0 Å². The van der Waals surface area contributed by atoms with Gasteiger partial charge in [0.25, 0.3) is 0 Å². The molecule has 0 aliphatic carbocycles. The van der Waals surface area contributed by atoms with Crippen molar-refractivity contribution in [2.45, 2.75) is 24.7 Å². The lowest BCUT2D eigenvalue weighted by Crippen LogP contribution is -2.40. The zero-order valence-electron chi connectivity index (χ0n) is 16.4. The molecule has 1 aromatic rings. The van der Waals surface area contributed by atoms with Crippen molar-refractivity contribution >= 4 is 45.9 Å². The molecule has 3 rings (SSSR count). The van der Waals surface area contributed by atoms with E-state index in [1.165, 1.54) is 5.56 Å². The first-order chi connectivity index (χ1) is 13.2. The minimum Gasteiger partial charge on any atom is -0.381 e. The average molecular weight is 567 g/mol. The maximum absolute atomic E-state index is 6.14. The molecule has 6 nitrogen and oxygen atoms in total. The van der Waals surface area contributed by atoms with Gasteiger partial charge in [-0.05, 0) is 43.5 Å². The van der Waals surface area contributed by atoms with Gasteiger partial charge in [0, 0.05) is 42.7 Å². The molecule has 2 heterocycles. The van der Waals surface area contributed by atoms with E-state index in [2.05, 4.69) is 55.4 Å². The number of nitrogens with two attached hydrogens (primary N) is 1. The molecule has 2 saturated heterocycles. The van der Waals surface area contributed by atoms with E-state index < -0.39 is 0 Å². The summed E-state index contributed by atoms with van der Waals surface area (Å²) in [6.45, 7) is 7.92. The van der Waals surface area contributed by atoms with Crippen molar-refractivity contribution in [1.29, 1.82) is 0 Å². The SMILES string of the molecule is I.NC(=NCC1(c2ccc(Br)cc2)CCOCC1)NCCCN1CCOCC1. The first-order valence-electron chi connectivity index (χ1n) is 9.86. The van der Waals surface area contributed by atoms with Crippen LogP contribution in [0, 0.1) is 0 Å². The van der Waals surface area contributed by atoms with Crippen LogP contribution < -0.4 is 11.1 Å². The number of benzene rings is 1. The van der Waals surface area contributed by atoms with Crippen molar-refractivity contribution in [2.24, 2.45) is 10.7 Å². The number of hydrogen-bond donors (Lipinski definition) is 2. The second kappa shape index (κ2) is 12.3. The van der Waals surface area contributed by atoms with Crippen molar-refractivity contribution < 1.29 is 9.47 Å². The molecule has 0 amide bonds. The van der Waals surface area contributed by atoms with Crippen LogP contribution in [0.3, 0.4) is 0 Å². The number of halogens is 2. The van der Waals surface area contributed by atoms with Gasteiger partial charge in [0.15, 0.2) is 5.96 Å². The molecule has 0 unspecified atom stereocenters. The number of nitrogens with one attached hydrogen (secondary N) is 1. The largest absolute Gasteiger partial charge is 0.381 e. The normalized spacial score (nSPS) is 20.4. The van der Waals surface area contributed by atoms with E-state index >= 15 is 0 Å². The molecule has 0 radical (unpaired) electrons. The van der Waals surface area contributed by atoms with Gasteiger partial charge in [0.1, 0.15) is 0 Å². The average Bonchev–Trinajstić information content (AvgIpc) is 2.72. The lowest BCUT2D eigenvalue weighted by atomic mass is 9.74. The highest BCUT2D eigenvalue weighted by Gasteiger charge is 2.34. The van der Waals surface area contributed by atoms with E-state index in [0.717, 1.165) is 76.3 Å². The molecular formula is C20H32BrIN4O2. The van der Waals surface area contributed by atoms with Crippen LogP contribution in [-0.2, 0) is 14.9 Å². The highest BCUT2D eigenvalue weighted by molar-refractivity contribution is 14.0. The summed E-state index contributed by atoms with van der Waals surface area (Å²) in [4.78, 5) is 7.12. The monoisotopic (exact) mass is 566 g/mol. The number of hydrogen-bond acceptors (Lipinski definition) is 4. The fourth-order valence-electron chi connectivity index (χ4n) is 3.74. The highest BCUT2D eigenvalue weighted by atomic mass is 127. The summed E-state index contributed by atoms with van der Waals surface area (Å²) in [6.07, 6.45) is 3.01. The van der Waals surface area contributed by atoms with Crippen LogP contribution in [0.15, 0.2) is 33.7 Å². The third kappa shape index (κ3) is 7.12. The highest BCUT2D eigenvalue weighted by Crippen LogP contribution is 2.35. The Balaban J connectivity index is 0.00000280. The van der Waals surface area contributed by atoms with Gasteiger partial charge in [-0.25, -0.2) is 0 Å². The zero-order chi connectivity index (χ0) is 19.0. The van der Waals surface area contributed by atoms with Crippen LogP contribution in [0.5, 0.6) is 0 Å². The Labute approximate surface area is 193 Å². The molecule has 0 bridgehead atoms. The fraction of sp³-hybridized carbons (Fsp3) is 0.650. The third-order valence-electron chi connectivity index (χ3n) is 5.52. The van der Waals surface area contributed by atoms with Gasteiger partial charge in [0.05, 0.1) is 19.8 Å². The van der Waals surface area contributed by atoms with Gasteiger partial charge in [-0.15, -0.1) is 24.0 Å². The summed E-state index contributed by atoms with van der Waals surface area (Å²) >= 11 is 3.52. The molecule has 0 saturated carbocycles. The molecule has 0 atom stereocenters. The van der Waals surface area contributed by atoms with Crippen LogP contribution in [0.25, 0.3) is 0 Å². The van der Waals surface area contributed by atoms with Gasteiger partial charge < -0.3 is 20.5 Å². The topological polar surface area (TPSA) is 72.1 Å². The Hall–Kier alpha value is -0.420. The van der Waals surface area contributed by atoms with Crippen LogP contribution in [0.4, 0.5) is 0 Å². The summed E-state index contributed by atoms with van der Waals surface area (Å²) in [5.41, 5.74) is 7.47. The predicted molar refractivity (Wildman–Crippen MR) is 128 cm³/mol. The Morgan fingerprint density at radius 2 is 1.75 bits per heavy atom. The molecule has 2 aliphatic rings. The maximum Gasteiger partial charge on any atom is 0.188 e. The Morgan fingerprint density at radius 3 is 2.43 bits per heavy atom. The second-order valence-corrected chi connectivity index (χ2v) is 8.25. The van der Waals surface area contributed by atoms with E-state index in [0.29, 0.717) is 12.5 Å². The quantitative estimate of drug-likeness (QED) is 0.230. The molecular weight excluding hydrogens is 535 g/mol. The maximum atomic E-state index is 6.14. The molecule has 2 aliphatic heterocycles. The first-order valence-corrected chi connectivity index (χ1v) is 10.6. The summed E-state index contributed by atoms with van der Waals surface area (Å²) < 4.78 is 12.1. The van der Waals surface area contributed by atoms with Gasteiger partial charge >= 0.3 is 0 Å². The molecule has 0 aromatic heterocycles. The standard InChI is InChI=1S/C20H31BrN4O2.HI/c21-18-4-2-17(3-5-18)20(6-12-26-13-7-20)16-24-19(22)23-8-1-9-25-10-14-27-15-11-25;/h2-5H,1,6-16H2,(H3,22,23,24);1H. The van der Waals surface area contributed by atoms with E-state index in [-0.39, 0.29) is 29.4 Å². The Bertz CT molecular complexity index is 603. The minimum atomic E-state index is 0.